The molecule has 12 heavy (non-hydrogen) atoms. The second-order valence-electron chi connectivity index (χ2n) is 2.87. The lowest BCUT2D eigenvalue weighted by molar-refractivity contribution is -0.131. The highest BCUT2D eigenvalue weighted by molar-refractivity contribution is 5.58. The molecule has 0 fully saturated rings. The van der Waals surface area contributed by atoms with Crippen LogP contribution in [0.15, 0.2) is 12.7 Å². The molecule has 1 unspecified atom stereocenters. The SMILES string of the molecule is C=C[C@@H](O)OCC(C)(C=O)CO. The minimum atomic E-state index is -1.09. The van der Waals surface area contributed by atoms with E-state index in [4.69, 9.17) is 14.9 Å². The van der Waals surface area contributed by atoms with Crippen molar-refractivity contribution in [3.8, 4) is 0 Å². The number of ether oxygens (including phenoxy) is 1. The molecule has 0 radical (unpaired) electrons. The van der Waals surface area contributed by atoms with Crippen LogP contribution >= 0.6 is 0 Å². The average molecular weight is 174 g/mol. The average Bonchev–Trinajstić information content (AvgIpc) is 2.13. The van der Waals surface area contributed by atoms with Crippen molar-refractivity contribution in [1.29, 1.82) is 0 Å². The number of hydrogen-bond donors (Lipinski definition) is 2. The summed E-state index contributed by atoms with van der Waals surface area (Å²) >= 11 is 0. The van der Waals surface area contributed by atoms with Crippen molar-refractivity contribution in [2.24, 2.45) is 5.41 Å². The van der Waals surface area contributed by atoms with Crippen LogP contribution in [-0.4, -0.2) is 36.0 Å². The van der Waals surface area contributed by atoms with E-state index in [0.717, 1.165) is 0 Å². The summed E-state index contributed by atoms with van der Waals surface area (Å²) < 4.78 is 4.78. The number of rotatable bonds is 6. The van der Waals surface area contributed by atoms with E-state index in [0.29, 0.717) is 6.29 Å². The highest BCUT2D eigenvalue weighted by atomic mass is 16.6. The van der Waals surface area contributed by atoms with E-state index < -0.39 is 11.7 Å². The van der Waals surface area contributed by atoms with Crippen LogP contribution in [0.25, 0.3) is 0 Å². The normalized spacial score (nSPS) is 17.9. The molecule has 0 aliphatic rings. The fourth-order valence-corrected chi connectivity index (χ4v) is 0.461. The summed E-state index contributed by atoms with van der Waals surface area (Å²) in [4.78, 5) is 10.4. The van der Waals surface area contributed by atoms with Crippen molar-refractivity contribution in [2.75, 3.05) is 13.2 Å². The monoisotopic (exact) mass is 174 g/mol. The van der Waals surface area contributed by atoms with Gasteiger partial charge in [0.25, 0.3) is 0 Å². The summed E-state index contributed by atoms with van der Waals surface area (Å²) in [5, 5.41) is 17.6. The smallest absolute Gasteiger partial charge is 0.173 e. The lowest BCUT2D eigenvalue weighted by Crippen LogP contribution is -2.31. The fraction of sp³-hybridized carbons (Fsp3) is 0.625. The van der Waals surface area contributed by atoms with E-state index in [-0.39, 0.29) is 13.2 Å². The Morgan fingerprint density at radius 1 is 1.75 bits per heavy atom. The van der Waals surface area contributed by atoms with Crippen LogP contribution in [0.3, 0.4) is 0 Å². The number of carbonyl (C=O) groups excluding carboxylic acids is 1. The van der Waals surface area contributed by atoms with Crippen molar-refractivity contribution >= 4 is 6.29 Å². The first-order chi connectivity index (χ1) is 5.58. The minimum absolute atomic E-state index is 0.0276. The largest absolute Gasteiger partial charge is 0.395 e. The van der Waals surface area contributed by atoms with Gasteiger partial charge in [-0.1, -0.05) is 6.58 Å². The minimum Gasteiger partial charge on any atom is -0.395 e. The van der Waals surface area contributed by atoms with Crippen molar-refractivity contribution in [1.82, 2.24) is 0 Å². The Hall–Kier alpha value is -0.710. The number of aldehydes is 1. The van der Waals surface area contributed by atoms with Crippen LogP contribution in [0.1, 0.15) is 6.92 Å². The van der Waals surface area contributed by atoms with E-state index in [1.807, 2.05) is 0 Å². The molecule has 0 saturated carbocycles. The second kappa shape index (κ2) is 5.03. The van der Waals surface area contributed by atoms with Gasteiger partial charge in [-0.3, -0.25) is 0 Å². The third-order valence-electron chi connectivity index (χ3n) is 1.43. The Kier molecular flexibility index (Phi) is 4.73. The van der Waals surface area contributed by atoms with Crippen LogP contribution in [0.5, 0.6) is 0 Å². The molecule has 0 saturated heterocycles. The molecule has 0 heterocycles. The Labute approximate surface area is 71.5 Å². The lowest BCUT2D eigenvalue weighted by Gasteiger charge is -2.20. The highest BCUT2D eigenvalue weighted by Gasteiger charge is 2.23. The van der Waals surface area contributed by atoms with Gasteiger partial charge in [-0.15, -0.1) is 0 Å². The highest BCUT2D eigenvalue weighted by Crippen LogP contribution is 2.12. The topological polar surface area (TPSA) is 66.8 Å². The van der Waals surface area contributed by atoms with Gasteiger partial charge in [0.15, 0.2) is 6.29 Å². The molecule has 2 N–H and O–H groups in total. The van der Waals surface area contributed by atoms with Gasteiger partial charge in [0, 0.05) is 0 Å². The molecule has 0 bridgehead atoms. The van der Waals surface area contributed by atoms with Gasteiger partial charge >= 0.3 is 0 Å². The zero-order valence-electron chi connectivity index (χ0n) is 7.06. The predicted molar refractivity (Wildman–Crippen MR) is 43.4 cm³/mol. The maximum atomic E-state index is 10.4. The molecule has 70 valence electrons. The van der Waals surface area contributed by atoms with E-state index in [9.17, 15) is 4.79 Å². The van der Waals surface area contributed by atoms with Crippen molar-refractivity contribution in [3.63, 3.8) is 0 Å². The molecule has 4 heteroatoms. The van der Waals surface area contributed by atoms with E-state index in [2.05, 4.69) is 6.58 Å². The first-order valence-corrected chi connectivity index (χ1v) is 3.57. The third kappa shape index (κ3) is 3.61. The fourth-order valence-electron chi connectivity index (χ4n) is 0.461. The van der Waals surface area contributed by atoms with Crippen LogP contribution in [-0.2, 0) is 9.53 Å². The quantitative estimate of drug-likeness (QED) is 0.330. The Bertz CT molecular complexity index is 157. The third-order valence-corrected chi connectivity index (χ3v) is 1.43. The molecule has 4 nitrogen and oxygen atoms in total. The molecule has 2 atom stereocenters. The summed E-state index contributed by atoms with van der Waals surface area (Å²) in [5.74, 6) is 0. The first kappa shape index (κ1) is 11.3. The molecule has 0 aliphatic carbocycles. The van der Waals surface area contributed by atoms with Crippen LogP contribution < -0.4 is 0 Å². The Morgan fingerprint density at radius 3 is 2.67 bits per heavy atom. The molecule has 0 amide bonds. The van der Waals surface area contributed by atoms with Gasteiger partial charge in [-0.05, 0) is 13.0 Å². The summed E-state index contributed by atoms with van der Waals surface area (Å²) in [5.41, 5.74) is -0.940. The van der Waals surface area contributed by atoms with E-state index in [1.165, 1.54) is 13.0 Å². The number of aliphatic hydroxyl groups excluding tert-OH is 2. The standard InChI is InChI=1S/C8H14O4/c1-3-7(11)12-6-8(2,4-9)5-10/h3-4,7,10-11H,1,5-6H2,2H3/t7-,8?/m0/s1. The van der Waals surface area contributed by atoms with Crippen LogP contribution in [0, 0.1) is 5.41 Å². The van der Waals surface area contributed by atoms with E-state index >= 15 is 0 Å². The van der Waals surface area contributed by atoms with Gasteiger partial charge in [0.2, 0.25) is 0 Å². The zero-order chi connectivity index (χ0) is 9.61. The predicted octanol–water partition coefficient (Wildman–Crippen LogP) is -0.295. The molecule has 0 rings (SSSR count). The second-order valence-corrected chi connectivity index (χ2v) is 2.87. The number of aliphatic hydroxyl groups is 2. The van der Waals surface area contributed by atoms with Gasteiger partial charge in [-0.25, -0.2) is 0 Å². The summed E-state index contributed by atoms with van der Waals surface area (Å²) in [6, 6.07) is 0. The number of carbonyl (C=O) groups is 1. The van der Waals surface area contributed by atoms with Crippen molar-refractivity contribution in [3.05, 3.63) is 12.7 Å². The van der Waals surface area contributed by atoms with Crippen molar-refractivity contribution < 1.29 is 19.7 Å². The molecular weight excluding hydrogens is 160 g/mol. The lowest BCUT2D eigenvalue weighted by atomic mass is 9.96. The maximum absolute atomic E-state index is 10.4. The van der Waals surface area contributed by atoms with Gasteiger partial charge in [-0.2, -0.15) is 0 Å². The molecule has 0 aromatic carbocycles. The molecule has 0 spiro atoms. The Balaban J connectivity index is 3.87. The summed E-state index contributed by atoms with van der Waals surface area (Å²) in [6.07, 6.45) is 0.710. The summed E-state index contributed by atoms with van der Waals surface area (Å²) in [7, 11) is 0. The van der Waals surface area contributed by atoms with Crippen LogP contribution in [0.2, 0.25) is 0 Å². The molecule has 0 aromatic rings. The maximum Gasteiger partial charge on any atom is 0.173 e. The summed E-state index contributed by atoms with van der Waals surface area (Å²) in [6.45, 7) is 4.49. The van der Waals surface area contributed by atoms with Gasteiger partial charge < -0.3 is 19.7 Å². The molecule has 0 aromatic heterocycles. The molecular formula is C8H14O4. The van der Waals surface area contributed by atoms with Crippen LogP contribution in [0.4, 0.5) is 0 Å². The van der Waals surface area contributed by atoms with Crippen molar-refractivity contribution in [2.45, 2.75) is 13.2 Å². The number of hydrogen-bond acceptors (Lipinski definition) is 4. The first-order valence-electron chi connectivity index (χ1n) is 3.57. The van der Waals surface area contributed by atoms with E-state index in [1.54, 1.807) is 0 Å². The molecule has 0 aliphatic heterocycles. The van der Waals surface area contributed by atoms with Gasteiger partial charge in [0.1, 0.15) is 6.29 Å². The Morgan fingerprint density at radius 2 is 2.33 bits per heavy atom. The van der Waals surface area contributed by atoms with Gasteiger partial charge in [0.05, 0.1) is 18.6 Å². The zero-order valence-corrected chi connectivity index (χ0v) is 7.06.